The number of hydrogen-bond donors (Lipinski definition) is 0. The maximum absolute atomic E-state index is 10.6. The van der Waals surface area contributed by atoms with Crippen LogP contribution in [-0.4, -0.2) is 19.2 Å². The molecule has 0 bridgehead atoms. The zero-order valence-corrected chi connectivity index (χ0v) is 11.4. The lowest BCUT2D eigenvalue weighted by atomic mass is 10.0. The third kappa shape index (κ3) is 6.28. The first-order chi connectivity index (χ1) is 8.58. The van der Waals surface area contributed by atoms with E-state index in [1.807, 2.05) is 12.1 Å². The van der Waals surface area contributed by atoms with Crippen molar-refractivity contribution < 1.29 is 14.3 Å². The highest BCUT2D eigenvalue weighted by Crippen LogP contribution is 2.16. The van der Waals surface area contributed by atoms with E-state index in [-0.39, 0.29) is 5.97 Å². The molecule has 1 aromatic carbocycles. The van der Waals surface area contributed by atoms with Crippen molar-refractivity contribution in [2.24, 2.45) is 5.92 Å². The Kier molecular flexibility index (Phi) is 6.26. The predicted octanol–water partition coefficient (Wildman–Crippen LogP) is 3.22. The molecule has 0 aliphatic rings. The van der Waals surface area contributed by atoms with E-state index in [0.717, 1.165) is 12.2 Å². The van der Waals surface area contributed by atoms with Gasteiger partial charge in [0.25, 0.3) is 0 Å². The van der Waals surface area contributed by atoms with Crippen molar-refractivity contribution in [2.75, 3.05) is 13.2 Å². The lowest BCUT2D eigenvalue weighted by Gasteiger charge is -2.09. The molecule has 0 fully saturated rings. The molecule has 3 nitrogen and oxygen atoms in total. The molecule has 0 saturated carbocycles. The van der Waals surface area contributed by atoms with Crippen molar-refractivity contribution in [3.63, 3.8) is 0 Å². The molecule has 100 valence electrons. The summed E-state index contributed by atoms with van der Waals surface area (Å²) in [5.41, 5.74) is 1.29. The fourth-order valence-electron chi connectivity index (χ4n) is 1.70. The van der Waals surface area contributed by atoms with Crippen LogP contribution >= 0.6 is 0 Å². The minimum atomic E-state index is -0.242. The van der Waals surface area contributed by atoms with Crippen LogP contribution in [0.15, 0.2) is 24.3 Å². The number of esters is 1. The quantitative estimate of drug-likeness (QED) is 0.550. The fourth-order valence-corrected chi connectivity index (χ4v) is 1.70. The molecule has 0 atom stereocenters. The van der Waals surface area contributed by atoms with E-state index in [9.17, 15) is 4.79 Å². The second-order valence-electron chi connectivity index (χ2n) is 4.79. The van der Waals surface area contributed by atoms with Gasteiger partial charge in [-0.3, -0.25) is 4.79 Å². The van der Waals surface area contributed by atoms with Crippen LogP contribution in [0.25, 0.3) is 0 Å². The van der Waals surface area contributed by atoms with Gasteiger partial charge in [-0.05, 0) is 30.0 Å². The Morgan fingerprint density at radius 2 is 2.06 bits per heavy atom. The van der Waals surface area contributed by atoms with Crippen molar-refractivity contribution in [3.8, 4) is 5.75 Å². The Bertz CT molecular complexity index is 372. The molecule has 0 amide bonds. The van der Waals surface area contributed by atoms with Crippen molar-refractivity contribution >= 4 is 5.97 Å². The van der Waals surface area contributed by atoms with E-state index in [2.05, 4.69) is 26.0 Å². The molecule has 0 aliphatic heterocycles. The van der Waals surface area contributed by atoms with Crippen LogP contribution in [0.2, 0.25) is 0 Å². The van der Waals surface area contributed by atoms with Gasteiger partial charge >= 0.3 is 5.97 Å². The van der Waals surface area contributed by atoms with Gasteiger partial charge in [-0.25, -0.2) is 0 Å². The highest BCUT2D eigenvalue weighted by molar-refractivity contribution is 5.65. The van der Waals surface area contributed by atoms with Gasteiger partial charge < -0.3 is 9.47 Å². The number of carbonyl (C=O) groups is 1. The lowest BCUT2D eigenvalue weighted by Crippen LogP contribution is -2.06. The topological polar surface area (TPSA) is 35.5 Å². The van der Waals surface area contributed by atoms with Gasteiger partial charge in [-0.1, -0.05) is 26.0 Å². The van der Waals surface area contributed by atoms with Crippen LogP contribution in [-0.2, 0) is 16.0 Å². The van der Waals surface area contributed by atoms with Crippen LogP contribution in [0.5, 0.6) is 5.75 Å². The van der Waals surface area contributed by atoms with Crippen LogP contribution in [0, 0.1) is 5.92 Å². The van der Waals surface area contributed by atoms with Gasteiger partial charge in [0.15, 0.2) is 0 Å². The fraction of sp³-hybridized carbons (Fsp3) is 0.533. The monoisotopic (exact) mass is 250 g/mol. The molecule has 3 heteroatoms. The molecule has 0 heterocycles. The molecule has 0 saturated heterocycles. The number of rotatable bonds is 7. The highest BCUT2D eigenvalue weighted by Gasteiger charge is 2.00. The lowest BCUT2D eigenvalue weighted by molar-refractivity contribution is -0.141. The van der Waals surface area contributed by atoms with Gasteiger partial charge in [0.2, 0.25) is 0 Å². The van der Waals surface area contributed by atoms with Gasteiger partial charge in [0, 0.05) is 13.3 Å². The molecule has 18 heavy (non-hydrogen) atoms. The number of ether oxygens (including phenoxy) is 2. The molecule has 1 aromatic rings. The Morgan fingerprint density at radius 1 is 1.28 bits per heavy atom. The second kappa shape index (κ2) is 7.75. The maximum atomic E-state index is 10.6. The average Bonchev–Trinajstić information content (AvgIpc) is 2.27. The zero-order valence-electron chi connectivity index (χ0n) is 11.4. The van der Waals surface area contributed by atoms with E-state index in [0.29, 0.717) is 25.6 Å². The summed E-state index contributed by atoms with van der Waals surface area (Å²) in [4.78, 5) is 10.6. The Hall–Kier alpha value is -1.51. The van der Waals surface area contributed by atoms with Gasteiger partial charge in [0.05, 0.1) is 13.2 Å². The summed E-state index contributed by atoms with van der Waals surface area (Å²) in [7, 11) is 0. The Balaban J connectivity index is 2.31. The Morgan fingerprint density at radius 3 is 2.72 bits per heavy atom. The van der Waals surface area contributed by atoms with Crippen LogP contribution in [0.1, 0.15) is 32.8 Å². The zero-order chi connectivity index (χ0) is 13.4. The van der Waals surface area contributed by atoms with E-state index in [4.69, 9.17) is 9.47 Å². The molecular weight excluding hydrogens is 228 g/mol. The first-order valence-corrected chi connectivity index (χ1v) is 6.43. The average molecular weight is 250 g/mol. The molecular formula is C15H22O3. The van der Waals surface area contributed by atoms with Gasteiger partial charge in [-0.2, -0.15) is 0 Å². The normalized spacial score (nSPS) is 10.4. The number of hydrogen-bond acceptors (Lipinski definition) is 3. The number of benzene rings is 1. The minimum Gasteiger partial charge on any atom is -0.493 e. The van der Waals surface area contributed by atoms with Crippen LogP contribution in [0.3, 0.4) is 0 Å². The van der Waals surface area contributed by atoms with Crippen molar-refractivity contribution in [1.82, 2.24) is 0 Å². The summed E-state index contributed by atoms with van der Waals surface area (Å²) < 4.78 is 10.5. The highest BCUT2D eigenvalue weighted by atomic mass is 16.5. The SMILES string of the molecule is CC(=O)OCCCOc1cccc(CC(C)C)c1. The molecule has 0 aromatic heterocycles. The van der Waals surface area contributed by atoms with Crippen molar-refractivity contribution in [3.05, 3.63) is 29.8 Å². The summed E-state index contributed by atoms with van der Waals surface area (Å²) in [5, 5.41) is 0. The summed E-state index contributed by atoms with van der Waals surface area (Å²) >= 11 is 0. The first kappa shape index (κ1) is 14.6. The van der Waals surface area contributed by atoms with Crippen molar-refractivity contribution in [1.29, 1.82) is 0 Å². The minimum absolute atomic E-state index is 0.242. The van der Waals surface area contributed by atoms with Gasteiger partial charge in [0.1, 0.15) is 5.75 Å². The van der Waals surface area contributed by atoms with Crippen LogP contribution in [0.4, 0.5) is 0 Å². The molecule has 0 aliphatic carbocycles. The second-order valence-corrected chi connectivity index (χ2v) is 4.79. The predicted molar refractivity (Wildman–Crippen MR) is 71.7 cm³/mol. The van der Waals surface area contributed by atoms with E-state index < -0.39 is 0 Å². The molecule has 0 radical (unpaired) electrons. The van der Waals surface area contributed by atoms with E-state index in [1.54, 1.807) is 0 Å². The van der Waals surface area contributed by atoms with Gasteiger partial charge in [-0.15, -0.1) is 0 Å². The maximum Gasteiger partial charge on any atom is 0.302 e. The van der Waals surface area contributed by atoms with Crippen molar-refractivity contribution in [2.45, 2.75) is 33.6 Å². The van der Waals surface area contributed by atoms with Crippen LogP contribution < -0.4 is 4.74 Å². The van der Waals surface area contributed by atoms with E-state index in [1.165, 1.54) is 12.5 Å². The molecule has 1 rings (SSSR count). The molecule has 0 N–H and O–H groups in total. The van der Waals surface area contributed by atoms with E-state index >= 15 is 0 Å². The molecule has 0 unspecified atom stereocenters. The largest absolute Gasteiger partial charge is 0.493 e. The Labute approximate surface area is 109 Å². The number of carbonyl (C=O) groups excluding carboxylic acids is 1. The third-order valence-electron chi connectivity index (χ3n) is 2.41. The summed E-state index contributed by atoms with van der Waals surface area (Å²) in [6.07, 6.45) is 1.78. The molecule has 0 spiro atoms. The summed E-state index contributed by atoms with van der Waals surface area (Å²) in [6.45, 7) is 6.80. The smallest absolute Gasteiger partial charge is 0.302 e. The standard InChI is InChI=1S/C15H22O3/c1-12(2)10-14-6-4-7-15(11-14)18-9-5-8-17-13(3)16/h4,6-7,11-12H,5,8-10H2,1-3H3. The first-order valence-electron chi connectivity index (χ1n) is 6.43. The third-order valence-corrected chi connectivity index (χ3v) is 2.41. The summed E-state index contributed by atoms with van der Waals surface area (Å²) in [5.74, 6) is 1.29. The summed E-state index contributed by atoms with van der Waals surface area (Å²) in [6, 6.07) is 8.16.